The van der Waals surface area contributed by atoms with E-state index in [1.165, 1.54) is 0 Å². The van der Waals surface area contributed by atoms with E-state index in [0.29, 0.717) is 47.8 Å². The molecule has 2 aliphatic heterocycles. The fourth-order valence-electron chi connectivity index (χ4n) is 3.31. The van der Waals surface area contributed by atoms with Crippen molar-refractivity contribution in [1.29, 1.82) is 0 Å². The molecule has 7 heteroatoms. The van der Waals surface area contributed by atoms with Crippen LogP contribution in [0.2, 0.25) is 0 Å². The quantitative estimate of drug-likeness (QED) is 0.823. The molecular formula is C19H19NO6. The van der Waals surface area contributed by atoms with Gasteiger partial charge in [0.15, 0.2) is 17.8 Å². The van der Waals surface area contributed by atoms with Crippen molar-refractivity contribution in [1.82, 2.24) is 0 Å². The largest absolute Gasteiger partial charge is 0.508 e. The number of fused-ring (bicyclic) bond motifs is 1. The highest BCUT2D eigenvalue weighted by Gasteiger charge is 2.29. The van der Waals surface area contributed by atoms with E-state index >= 15 is 0 Å². The lowest BCUT2D eigenvalue weighted by Gasteiger charge is -2.20. The van der Waals surface area contributed by atoms with Crippen LogP contribution in [0.15, 0.2) is 35.5 Å². The molecule has 0 bridgehead atoms. The smallest absolute Gasteiger partial charge is 0.231 e. The van der Waals surface area contributed by atoms with Gasteiger partial charge in [-0.25, -0.2) is 0 Å². The fourth-order valence-corrected chi connectivity index (χ4v) is 3.31. The minimum absolute atomic E-state index is 0.153. The summed E-state index contributed by atoms with van der Waals surface area (Å²) < 4.78 is 21.9. The molecular weight excluding hydrogens is 338 g/mol. The summed E-state index contributed by atoms with van der Waals surface area (Å²) in [6.07, 6.45) is -0.00171. The van der Waals surface area contributed by atoms with E-state index in [1.807, 2.05) is 6.92 Å². The van der Waals surface area contributed by atoms with Crippen molar-refractivity contribution < 1.29 is 24.1 Å². The summed E-state index contributed by atoms with van der Waals surface area (Å²) >= 11 is 0. The first kappa shape index (κ1) is 16.8. The molecule has 2 heterocycles. The monoisotopic (exact) mass is 357 g/mol. The number of phenolic OH excluding ortho intramolecular Hbond substituents is 1. The van der Waals surface area contributed by atoms with Gasteiger partial charge in [-0.05, 0) is 47.4 Å². The summed E-state index contributed by atoms with van der Waals surface area (Å²) in [5.41, 5.74) is 2.67. The zero-order valence-corrected chi connectivity index (χ0v) is 14.3. The minimum atomic E-state index is -0.779. The third-order valence-corrected chi connectivity index (χ3v) is 4.65. The lowest BCUT2D eigenvalue weighted by Crippen LogP contribution is -2.08. The van der Waals surface area contributed by atoms with E-state index in [1.54, 1.807) is 30.3 Å². The van der Waals surface area contributed by atoms with Crippen LogP contribution >= 0.6 is 0 Å². The van der Waals surface area contributed by atoms with E-state index in [2.05, 4.69) is 5.18 Å². The second kappa shape index (κ2) is 6.93. The molecule has 0 aromatic heterocycles. The summed E-state index contributed by atoms with van der Waals surface area (Å²) in [7, 11) is 0. The zero-order valence-electron chi connectivity index (χ0n) is 14.3. The number of nitroso groups, excluding NO2 is 1. The van der Waals surface area contributed by atoms with Crippen LogP contribution in [0.3, 0.4) is 0 Å². The maximum atomic E-state index is 11.8. The number of nitrogens with zero attached hydrogens (tertiary/aromatic N) is 1. The van der Waals surface area contributed by atoms with Crippen LogP contribution in [-0.2, 0) is 15.9 Å². The number of phenols is 1. The summed E-state index contributed by atoms with van der Waals surface area (Å²) in [4.78, 5) is 11.8. The van der Waals surface area contributed by atoms with Crippen LogP contribution in [0.5, 0.6) is 17.2 Å². The van der Waals surface area contributed by atoms with Gasteiger partial charge in [-0.1, -0.05) is 18.2 Å². The molecule has 1 unspecified atom stereocenters. The third-order valence-electron chi connectivity index (χ3n) is 4.65. The van der Waals surface area contributed by atoms with Crippen molar-refractivity contribution in [2.75, 3.05) is 20.0 Å². The highest BCUT2D eigenvalue weighted by molar-refractivity contribution is 5.51. The molecule has 2 aromatic rings. The molecule has 1 N–H and O–H groups in total. The first-order chi connectivity index (χ1) is 12.7. The highest BCUT2D eigenvalue weighted by Crippen LogP contribution is 2.41. The lowest BCUT2D eigenvalue weighted by atomic mass is 9.91. The van der Waals surface area contributed by atoms with Gasteiger partial charge in [0.25, 0.3) is 0 Å². The minimum Gasteiger partial charge on any atom is -0.508 e. The van der Waals surface area contributed by atoms with Gasteiger partial charge in [-0.15, -0.1) is 4.91 Å². The van der Waals surface area contributed by atoms with E-state index in [4.69, 9.17) is 18.9 Å². The average Bonchev–Trinajstić information content (AvgIpc) is 3.34. The topological polar surface area (TPSA) is 86.6 Å². The molecule has 7 nitrogen and oxygen atoms in total. The second-order valence-corrected chi connectivity index (χ2v) is 6.16. The number of aromatic hydroxyl groups is 1. The first-order valence-electron chi connectivity index (χ1n) is 8.52. The molecule has 26 heavy (non-hydrogen) atoms. The summed E-state index contributed by atoms with van der Waals surface area (Å²) in [6.45, 7) is 3.02. The van der Waals surface area contributed by atoms with E-state index in [9.17, 15) is 10.0 Å². The Hall–Kier alpha value is -2.64. The Kier molecular flexibility index (Phi) is 4.48. The highest BCUT2D eigenvalue weighted by atomic mass is 16.7. The maximum absolute atomic E-state index is 11.8. The molecule has 1 saturated heterocycles. The Morgan fingerprint density at radius 3 is 2.65 bits per heavy atom. The number of hydrogen-bond donors (Lipinski definition) is 1. The molecule has 2 aliphatic rings. The van der Waals surface area contributed by atoms with Gasteiger partial charge in [0.2, 0.25) is 6.79 Å². The van der Waals surface area contributed by atoms with Gasteiger partial charge < -0.3 is 24.1 Å². The number of ether oxygens (including phenoxy) is 4. The fraction of sp³-hybridized carbons (Fsp3) is 0.368. The van der Waals surface area contributed by atoms with Crippen molar-refractivity contribution in [2.24, 2.45) is 5.18 Å². The number of hydrogen-bond acceptors (Lipinski definition) is 7. The summed E-state index contributed by atoms with van der Waals surface area (Å²) in [5.74, 6) is 1.38. The van der Waals surface area contributed by atoms with Crippen molar-refractivity contribution >= 4 is 0 Å². The van der Waals surface area contributed by atoms with Crippen molar-refractivity contribution in [3.8, 4) is 17.2 Å². The van der Waals surface area contributed by atoms with Gasteiger partial charge >= 0.3 is 0 Å². The summed E-state index contributed by atoms with van der Waals surface area (Å²) in [6, 6.07) is 7.93. The molecule has 1 atom stereocenters. The first-order valence-corrected chi connectivity index (χ1v) is 8.52. The van der Waals surface area contributed by atoms with E-state index < -0.39 is 12.3 Å². The third kappa shape index (κ3) is 2.89. The molecule has 0 radical (unpaired) electrons. The average molecular weight is 357 g/mol. The van der Waals surface area contributed by atoms with Crippen LogP contribution in [0.4, 0.5) is 0 Å². The Morgan fingerprint density at radius 1 is 1.15 bits per heavy atom. The predicted octanol–water partition coefficient (Wildman–Crippen LogP) is 3.58. The van der Waals surface area contributed by atoms with Crippen LogP contribution in [0, 0.1) is 4.91 Å². The van der Waals surface area contributed by atoms with Crippen LogP contribution < -0.4 is 9.47 Å². The van der Waals surface area contributed by atoms with Crippen molar-refractivity contribution in [2.45, 2.75) is 25.7 Å². The number of rotatable bonds is 5. The molecule has 1 fully saturated rings. The van der Waals surface area contributed by atoms with Gasteiger partial charge in [0.05, 0.1) is 13.2 Å². The standard InChI is InChI=1S/C19H19NO6/c1-2-11-7-13(14(9-15(11)21)19-23-5-6-24-19)18(20-22)12-3-4-16-17(8-12)26-10-25-16/h3-4,7-9,18-19,21H,2,5-6,10H2,1H3. The van der Waals surface area contributed by atoms with E-state index in [0.717, 1.165) is 5.56 Å². The lowest BCUT2D eigenvalue weighted by molar-refractivity contribution is -0.0449. The number of aryl methyl sites for hydroxylation is 1. The van der Waals surface area contributed by atoms with Gasteiger partial charge in [-0.3, -0.25) is 0 Å². The molecule has 0 amide bonds. The van der Waals surface area contributed by atoms with Crippen LogP contribution in [0.25, 0.3) is 0 Å². The summed E-state index contributed by atoms with van der Waals surface area (Å²) in [5, 5.41) is 13.6. The van der Waals surface area contributed by atoms with Crippen molar-refractivity contribution in [3.05, 3.63) is 57.5 Å². The second-order valence-electron chi connectivity index (χ2n) is 6.16. The predicted molar refractivity (Wildman–Crippen MR) is 92.3 cm³/mol. The molecule has 0 saturated carbocycles. The Labute approximate surface area is 150 Å². The molecule has 2 aromatic carbocycles. The molecule has 0 spiro atoms. The van der Waals surface area contributed by atoms with Crippen LogP contribution in [0.1, 0.15) is 41.5 Å². The van der Waals surface area contributed by atoms with E-state index in [-0.39, 0.29) is 12.5 Å². The maximum Gasteiger partial charge on any atom is 0.231 e. The number of benzene rings is 2. The van der Waals surface area contributed by atoms with Gasteiger partial charge in [0, 0.05) is 5.56 Å². The van der Waals surface area contributed by atoms with Gasteiger partial charge in [0.1, 0.15) is 11.8 Å². The normalized spacial score (nSPS) is 17.4. The molecule has 4 rings (SSSR count). The Bertz CT molecular complexity index is 831. The van der Waals surface area contributed by atoms with Crippen molar-refractivity contribution in [3.63, 3.8) is 0 Å². The van der Waals surface area contributed by atoms with Crippen LogP contribution in [-0.4, -0.2) is 25.1 Å². The Balaban J connectivity index is 1.81. The molecule has 136 valence electrons. The molecule has 0 aliphatic carbocycles. The zero-order chi connectivity index (χ0) is 18.1. The SMILES string of the molecule is CCc1cc(C(N=O)c2ccc3c(c2)OCO3)c(C2OCCO2)cc1O. The Morgan fingerprint density at radius 2 is 1.92 bits per heavy atom. The van der Waals surface area contributed by atoms with Gasteiger partial charge in [-0.2, -0.15) is 0 Å².